The van der Waals surface area contributed by atoms with Crippen LogP contribution in [0.2, 0.25) is 0 Å². The first-order chi connectivity index (χ1) is 9.66. The summed E-state index contributed by atoms with van der Waals surface area (Å²) in [6.45, 7) is 0. The lowest BCUT2D eigenvalue weighted by atomic mass is 9.98. The van der Waals surface area contributed by atoms with Crippen molar-refractivity contribution in [3.8, 4) is 0 Å². The van der Waals surface area contributed by atoms with Crippen LogP contribution in [-0.4, -0.2) is 22.7 Å². The Kier molecular flexibility index (Phi) is 5.40. The second-order valence-electron chi connectivity index (χ2n) is 4.76. The lowest BCUT2D eigenvalue weighted by Crippen LogP contribution is -2.21. The Morgan fingerprint density at radius 2 is 2.00 bits per heavy atom. The monoisotopic (exact) mass is 295 g/mol. The van der Waals surface area contributed by atoms with Gasteiger partial charge in [0.25, 0.3) is 5.69 Å². The highest BCUT2D eigenvalue weighted by Crippen LogP contribution is 2.29. The standard InChI is InChI=1S/C14H17NO4S/c16-14(19-11-6-2-1-3-7-11)10-20-13-9-5-4-8-12(13)15(17)18/h4-5,8-9,11H,1-3,6-7,10H2. The first-order valence-corrected chi connectivity index (χ1v) is 7.71. The maximum atomic E-state index is 11.8. The Bertz CT molecular complexity index is 486. The summed E-state index contributed by atoms with van der Waals surface area (Å²) in [5.41, 5.74) is 0.0305. The number of nitro benzene ring substituents is 1. The molecule has 0 bridgehead atoms. The van der Waals surface area contributed by atoms with Gasteiger partial charge in [-0.05, 0) is 31.7 Å². The Hall–Kier alpha value is -1.56. The lowest BCUT2D eigenvalue weighted by Gasteiger charge is -2.21. The molecule has 1 aromatic carbocycles. The summed E-state index contributed by atoms with van der Waals surface area (Å²) in [6, 6.07) is 6.43. The Balaban J connectivity index is 1.85. The minimum absolute atomic E-state index is 0.0302. The maximum absolute atomic E-state index is 11.8. The smallest absolute Gasteiger partial charge is 0.316 e. The molecule has 1 aliphatic rings. The summed E-state index contributed by atoms with van der Waals surface area (Å²) in [5.74, 6) is -0.179. The van der Waals surface area contributed by atoms with Crippen molar-refractivity contribution in [2.75, 3.05) is 5.75 Å². The first kappa shape index (κ1) is 14.8. The van der Waals surface area contributed by atoms with Crippen LogP contribution < -0.4 is 0 Å². The van der Waals surface area contributed by atoms with Gasteiger partial charge in [0.15, 0.2) is 0 Å². The number of rotatable bonds is 5. The molecule has 2 rings (SSSR count). The van der Waals surface area contributed by atoms with E-state index in [1.54, 1.807) is 18.2 Å². The average molecular weight is 295 g/mol. The molecule has 0 heterocycles. The van der Waals surface area contributed by atoms with Crippen molar-refractivity contribution in [3.63, 3.8) is 0 Å². The zero-order valence-corrected chi connectivity index (χ0v) is 11.9. The Morgan fingerprint density at radius 3 is 2.70 bits per heavy atom. The van der Waals surface area contributed by atoms with Crippen LogP contribution in [0.1, 0.15) is 32.1 Å². The molecule has 6 heteroatoms. The number of nitrogens with zero attached hydrogens (tertiary/aromatic N) is 1. The van der Waals surface area contributed by atoms with Gasteiger partial charge in [-0.25, -0.2) is 0 Å². The number of ether oxygens (including phenoxy) is 1. The van der Waals surface area contributed by atoms with E-state index >= 15 is 0 Å². The third kappa shape index (κ3) is 4.23. The number of carbonyl (C=O) groups is 1. The highest BCUT2D eigenvalue weighted by molar-refractivity contribution is 8.00. The number of hydrogen-bond acceptors (Lipinski definition) is 5. The molecular weight excluding hydrogens is 278 g/mol. The van der Waals surface area contributed by atoms with Crippen LogP contribution in [0.4, 0.5) is 5.69 Å². The van der Waals surface area contributed by atoms with E-state index in [0.717, 1.165) is 37.4 Å². The number of para-hydroxylation sites is 1. The van der Waals surface area contributed by atoms with Crippen LogP contribution in [-0.2, 0) is 9.53 Å². The Labute approximate surface area is 121 Å². The topological polar surface area (TPSA) is 69.4 Å². The molecule has 20 heavy (non-hydrogen) atoms. The molecule has 0 N–H and O–H groups in total. The molecule has 1 aliphatic carbocycles. The van der Waals surface area contributed by atoms with Gasteiger partial charge in [0.05, 0.1) is 15.6 Å². The van der Waals surface area contributed by atoms with Crippen LogP contribution >= 0.6 is 11.8 Å². The highest BCUT2D eigenvalue weighted by atomic mass is 32.2. The van der Waals surface area contributed by atoms with Crippen LogP contribution in [0.3, 0.4) is 0 Å². The van der Waals surface area contributed by atoms with Crippen molar-refractivity contribution in [1.29, 1.82) is 0 Å². The zero-order chi connectivity index (χ0) is 14.4. The molecule has 5 nitrogen and oxygen atoms in total. The fourth-order valence-electron chi connectivity index (χ4n) is 2.27. The van der Waals surface area contributed by atoms with Gasteiger partial charge in [0, 0.05) is 6.07 Å². The lowest BCUT2D eigenvalue weighted by molar-refractivity contribution is -0.387. The largest absolute Gasteiger partial charge is 0.462 e. The summed E-state index contributed by atoms with van der Waals surface area (Å²) < 4.78 is 5.38. The van der Waals surface area contributed by atoms with Gasteiger partial charge in [-0.3, -0.25) is 14.9 Å². The minimum Gasteiger partial charge on any atom is -0.462 e. The van der Waals surface area contributed by atoms with E-state index in [1.807, 2.05) is 0 Å². The first-order valence-electron chi connectivity index (χ1n) is 6.72. The summed E-state index contributed by atoms with van der Waals surface area (Å²) in [7, 11) is 0. The second kappa shape index (κ2) is 7.28. The molecule has 1 aromatic rings. The molecule has 0 amide bonds. The Morgan fingerprint density at radius 1 is 1.30 bits per heavy atom. The van der Waals surface area contributed by atoms with Gasteiger partial charge in [0.2, 0.25) is 0 Å². The summed E-state index contributed by atoms with van der Waals surface area (Å²) >= 11 is 1.16. The van der Waals surface area contributed by atoms with Crippen molar-refractivity contribution >= 4 is 23.4 Å². The van der Waals surface area contributed by atoms with E-state index in [-0.39, 0.29) is 23.5 Å². The molecular formula is C14H17NO4S. The molecule has 108 valence electrons. The minimum atomic E-state index is -0.436. The SMILES string of the molecule is O=C(CSc1ccccc1[N+](=O)[O-])OC1CCCCC1. The number of hydrogen-bond donors (Lipinski definition) is 0. The molecule has 0 atom stereocenters. The maximum Gasteiger partial charge on any atom is 0.316 e. The van der Waals surface area contributed by atoms with Gasteiger partial charge in [-0.1, -0.05) is 18.6 Å². The molecule has 0 radical (unpaired) electrons. The van der Waals surface area contributed by atoms with Crippen molar-refractivity contribution in [2.45, 2.75) is 43.1 Å². The van der Waals surface area contributed by atoms with Crippen molar-refractivity contribution < 1.29 is 14.5 Å². The fourth-order valence-corrected chi connectivity index (χ4v) is 3.08. The normalized spacial score (nSPS) is 15.8. The summed E-state index contributed by atoms with van der Waals surface area (Å²) in [4.78, 5) is 22.7. The molecule has 0 unspecified atom stereocenters. The second-order valence-corrected chi connectivity index (χ2v) is 5.78. The summed E-state index contributed by atoms with van der Waals surface area (Å²) in [5, 5.41) is 10.9. The molecule has 1 fully saturated rings. The predicted molar refractivity (Wildman–Crippen MR) is 76.8 cm³/mol. The van der Waals surface area contributed by atoms with Crippen molar-refractivity contribution in [1.82, 2.24) is 0 Å². The predicted octanol–water partition coefficient (Wildman–Crippen LogP) is 3.56. The van der Waals surface area contributed by atoms with Gasteiger partial charge in [-0.15, -0.1) is 11.8 Å². The number of nitro groups is 1. The number of benzene rings is 1. The molecule has 0 aliphatic heterocycles. The fraction of sp³-hybridized carbons (Fsp3) is 0.500. The van der Waals surface area contributed by atoms with Crippen LogP contribution in [0.25, 0.3) is 0 Å². The third-order valence-electron chi connectivity index (χ3n) is 3.26. The van der Waals surface area contributed by atoms with Crippen LogP contribution in [0.5, 0.6) is 0 Å². The van der Waals surface area contributed by atoms with Gasteiger partial charge >= 0.3 is 5.97 Å². The van der Waals surface area contributed by atoms with E-state index in [4.69, 9.17) is 4.74 Å². The van der Waals surface area contributed by atoms with E-state index in [1.165, 1.54) is 12.5 Å². The van der Waals surface area contributed by atoms with Crippen molar-refractivity contribution in [2.24, 2.45) is 0 Å². The quantitative estimate of drug-likeness (QED) is 0.359. The van der Waals surface area contributed by atoms with Gasteiger partial charge in [0.1, 0.15) is 6.10 Å². The van der Waals surface area contributed by atoms with E-state index < -0.39 is 4.92 Å². The zero-order valence-electron chi connectivity index (χ0n) is 11.1. The molecule has 0 aromatic heterocycles. The number of carbonyl (C=O) groups excluding carboxylic acids is 1. The van der Waals surface area contributed by atoms with Crippen LogP contribution in [0, 0.1) is 10.1 Å². The third-order valence-corrected chi connectivity index (χ3v) is 4.29. The number of esters is 1. The van der Waals surface area contributed by atoms with E-state index in [2.05, 4.69) is 0 Å². The van der Waals surface area contributed by atoms with Gasteiger partial charge < -0.3 is 4.74 Å². The van der Waals surface area contributed by atoms with Crippen LogP contribution in [0.15, 0.2) is 29.2 Å². The van der Waals surface area contributed by atoms with Crippen molar-refractivity contribution in [3.05, 3.63) is 34.4 Å². The highest BCUT2D eigenvalue weighted by Gasteiger charge is 2.19. The molecule has 1 saturated carbocycles. The molecule has 0 spiro atoms. The van der Waals surface area contributed by atoms with E-state index in [0.29, 0.717) is 4.90 Å². The van der Waals surface area contributed by atoms with E-state index in [9.17, 15) is 14.9 Å². The number of thioether (sulfide) groups is 1. The molecule has 0 saturated heterocycles. The summed E-state index contributed by atoms with van der Waals surface area (Å²) in [6.07, 6.45) is 5.32. The average Bonchev–Trinajstić information content (AvgIpc) is 2.46. The van der Waals surface area contributed by atoms with Gasteiger partial charge in [-0.2, -0.15) is 0 Å².